The maximum Gasteiger partial charge on any atom is 0.174 e. The lowest BCUT2D eigenvalue weighted by Crippen LogP contribution is -2.42. The lowest BCUT2D eigenvalue weighted by molar-refractivity contribution is -0.689. The Morgan fingerprint density at radius 2 is 1.74 bits per heavy atom. The first-order valence-corrected chi connectivity index (χ1v) is 10.8. The first kappa shape index (κ1) is 17.2. The molecule has 0 N–H and O–H groups in total. The highest BCUT2D eigenvalue weighted by Gasteiger charge is 2.44. The summed E-state index contributed by atoms with van der Waals surface area (Å²) in [6.07, 6.45) is 16.9. The van der Waals surface area contributed by atoms with E-state index >= 15 is 0 Å². The highest BCUT2D eigenvalue weighted by atomic mass is 16.5. The van der Waals surface area contributed by atoms with Crippen LogP contribution in [-0.4, -0.2) is 6.10 Å². The van der Waals surface area contributed by atoms with Gasteiger partial charge in [-0.1, -0.05) is 54.8 Å². The Morgan fingerprint density at radius 3 is 2.67 bits per heavy atom. The molecule has 2 nitrogen and oxygen atoms in total. The lowest BCUT2D eigenvalue weighted by atomic mass is 9.68. The van der Waals surface area contributed by atoms with E-state index in [1.165, 1.54) is 56.1 Å². The molecule has 140 valence electrons. The zero-order valence-corrected chi connectivity index (χ0v) is 16.1. The van der Waals surface area contributed by atoms with Crippen molar-refractivity contribution < 1.29 is 9.30 Å². The topological polar surface area (TPSA) is 13.1 Å². The predicted molar refractivity (Wildman–Crippen MR) is 107 cm³/mol. The number of ether oxygens (including phenoxy) is 1. The summed E-state index contributed by atoms with van der Waals surface area (Å²) in [6.45, 7) is 0.917. The molecule has 27 heavy (non-hydrogen) atoms. The maximum absolute atomic E-state index is 6.80. The van der Waals surface area contributed by atoms with Crippen molar-refractivity contribution in [3.05, 3.63) is 77.6 Å². The van der Waals surface area contributed by atoms with Gasteiger partial charge in [-0.05, 0) is 38.2 Å². The average Bonchev–Trinajstić information content (AvgIpc) is 2.74. The fraction of sp³-hybridized carbons (Fsp3) is 0.480. The van der Waals surface area contributed by atoms with Crippen LogP contribution in [0, 0.1) is 11.8 Å². The summed E-state index contributed by atoms with van der Waals surface area (Å²) in [7, 11) is 0. The number of fused-ring (bicyclic) bond motifs is 3. The Morgan fingerprint density at radius 1 is 0.889 bits per heavy atom. The molecule has 1 aliphatic heterocycles. The zero-order chi connectivity index (χ0) is 18.1. The predicted octanol–water partition coefficient (Wildman–Crippen LogP) is 5.38. The minimum absolute atomic E-state index is 0.235. The van der Waals surface area contributed by atoms with E-state index in [1.807, 2.05) is 0 Å². The molecule has 2 heteroatoms. The monoisotopic (exact) mass is 360 g/mol. The molecule has 2 fully saturated rings. The average molecular weight is 361 g/mol. The number of pyridine rings is 1. The van der Waals surface area contributed by atoms with E-state index in [4.69, 9.17) is 4.74 Å². The number of nitrogens with zero attached hydrogens (tertiary/aromatic N) is 1. The molecule has 0 spiro atoms. The molecule has 5 rings (SSSR count). The quantitative estimate of drug-likeness (QED) is 0.529. The second kappa shape index (κ2) is 7.59. The molecule has 2 aromatic rings. The molecule has 3 aliphatic rings. The minimum atomic E-state index is 0.235. The van der Waals surface area contributed by atoms with E-state index in [1.54, 1.807) is 5.57 Å². The van der Waals surface area contributed by atoms with Gasteiger partial charge in [0.2, 0.25) is 0 Å². The second-order valence-electron chi connectivity index (χ2n) is 8.52. The number of hydrogen-bond acceptors (Lipinski definition) is 1. The molecular formula is C25H30NO+. The van der Waals surface area contributed by atoms with Crippen molar-refractivity contribution in [1.29, 1.82) is 0 Å². The Kier molecular flexibility index (Phi) is 4.83. The number of rotatable bonds is 3. The van der Waals surface area contributed by atoms with Crippen molar-refractivity contribution in [3.63, 3.8) is 0 Å². The molecule has 4 atom stereocenters. The summed E-state index contributed by atoms with van der Waals surface area (Å²) in [4.78, 5) is 0. The van der Waals surface area contributed by atoms with Crippen LogP contribution >= 0.6 is 0 Å². The van der Waals surface area contributed by atoms with E-state index in [0.717, 1.165) is 6.54 Å². The Labute approximate surface area is 162 Å². The molecule has 1 aromatic carbocycles. The number of aromatic nitrogens is 1. The summed E-state index contributed by atoms with van der Waals surface area (Å²) >= 11 is 0. The Balaban J connectivity index is 1.44. The zero-order valence-electron chi connectivity index (χ0n) is 16.1. The van der Waals surface area contributed by atoms with Gasteiger partial charge in [-0.25, -0.2) is 4.57 Å². The molecular weight excluding hydrogens is 330 g/mol. The first-order chi connectivity index (χ1) is 13.4. The van der Waals surface area contributed by atoms with Crippen LogP contribution in [0.15, 0.2) is 66.5 Å². The van der Waals surface area contributed by atoms with Crippen LogP contribution in [0.25, 0.3) is 0 Å². The Hall–Kier alpha value is -1.93. The third-order valence-corrected chi connectivity index (χ3v) is 6.76. The fourth-order valence-corrected chi connectivity index (χ4v) is 5.52. The number of allylic oxidation sites excluding steroid dienone is 1. The second-order valence-corrected chi connectivity index (χ2v) is 8.52. The summed E-state index contributed by atoms with van der Waals surface area (Å²) in [6, 6.07) is 15.2. The van der Waals surface area contributed by atoms with Crippen LogP contribution < -0.4 is 4.57 Å². The van der Waals surface area contributed by atoms with Gasteiger partial charge in [-0.2, -0.15) is 0 Å². The van der Waals surface area contributed by atoms with Crippen molar-refractivity contribution in [2.45, 2.75) is 63.7 Å². The molecule has 1 saturated heterocycles. The highest BCUT2D eigenvalue weighted by Crippen LogP contribution is 2.50. The molecule has 1 saturated carbocycles. The molecule has 0 bridgehead atoms. The van der Waals surface area contributed by atoms with E-state index < -0.39 is 0 Å². The van der Waals surface area contributed by atoms with E-state index in [0.29, 0.717) is 17.9 Å². The van der Waals surface area contributed by atoms with Crippen LogP contribution in [0.1, 0.15) is 62.2 Å². The van der Waals surface area contributed by atoms with Gasteiger partial charge in [-0.3, -0.25) is 0 Å². The Bertz CT molecular complexity index is 812. The lowest BCUT2D eigenvalue weighted by Gasteiger charge is -2.47. The summed E-state index contributed by atoms with van der Waals surface area (Å²) in [5, 5.41) is 0. The molecule has 2 aliphatic carbocycles. The first-order valence-electron chi connectivity index (χ1n) is 10.8. The van der Waals surface area contributed by atoms with Gasteiger partial charge < -0.3 is 4.74 Å². The smallest absolute Gasteiger partial charge is 0.174 e. The summed E-state index contributed by atoms with van der Waals surface area (Å²) in [5.74, 6) is 1.28. The van der Waals surface area contributed by atoms with Crippen LogP contribution in [0.5, 0.6) is 0 Å². The normalized spacial score (nSPS) is 30.1. The molecule has 2 heterocycles. The van der Waals surface area contributed by atoms with Crippen molar-refractivity contribution >= 4 is 0 Å². The van der Waals surface area contributed by atoms with Gasteiger partial charge >= 0.3 is 0 Å². The molecule has 0 radical (unpaired) electrons. The third kappa shape index (κ3) is 3.48. The van der Waals surface area contributed by atoms with Crippen molar-refractivity contribution in [2.75, 3.05) is 0 Å². The van der Waals surface area contributed by atoms with E-state index in [2.05, 4.69) is 65.5 Å². The van der Waals surface area contributed by atoms with Crippen LogP contribution in [0.2, 0.25) is 0 Å². The largest absolute Gasteiger partial charge is 0.369 e. The standard InChI is InChI=1S/C25H30NO/c1-2-9-19(10-3-1)17-26-16-8-11-20(18-26)25-23-14-5-4-12-21(23)22-13-6-7-15-24(22)27-25/h1-3,8-12,16,18,22-25H,4-7,13-15,17H2/q+1/t22-,23-,24-,25-/m0/s1. The van der Waals surface area contributed by atoms with Crippen LogP contribution in [0.4, 0.5) is 0 Å². The molecule has 1 aromatic heterocycles. The van der Waals surface area contributed by atoms with Crippen molar-refractivity contribution in [2.24, 2.45) is 11.8 Å². The van der Waals surface area contributed by atoms with Crippen LogP contribution in [0.3, 0.4) is 0 Å². The highest BCUT2D eigenvalue weighted by molar-refractivity contribution is 5.25. The van der Waals surface area contributed by atoms with Gasteiger partial charge in [0.05, 0.1) is 12.2 Å². The summed E-state index contributed by atoms with van der Waals surface area (Å²) < 4.78 is 9.11. The van der Waals surface area contributed by atoms with E-state index in [9.17, 15) is 0 Å². The van der Waals surface area contributed by atoms with Crippen LogP contribution in [-0.2, 0) is 11.3 Å². The molecule has 0 unspecified atom stereocenters. The van der Waals surface area contributed by atoms with Crippen molar-refractivity contribution in [1.82, 2.24) is 0 Å². The third-order valence-electron chi connectivity index (χ3n) is 6.76. The number of benzene rings is 1. The SMILES string of the molecule is C1=C2[C@@H]3CCCC[C@@H]3O[C@@H](c3ccc[n+](Cc4ccccc4)c3)[C@H]2CCC1. The van der Waals surface area contributed by atoms with Gasteiger partial charge in [0.1, 0.15) is 0 Å². The minimum Gasteiger partial charge on any atom is -0.369 e. The van der Waals surface area contributed by atoms with Gasteiger partial charge in [0.15, 0.2) is 18.9 Å². The van der Waals surface area contributed by atoms with E-state index in [-0.39, 0.29) is 6.10 Å². The van der Waals surface area contributed by atoms with Gasteiger partial charge in [0.25, 0.3) is 0 Å². The van der Waals surface area contributed by atoms with Gasteiger partial charge in [-0.15, -0.1) is 0 Å². The maximum atomic E-state index is 6.80. The summed E-state index contributed by atoms with van der Waals surface area (Å²) in [5.41, 5.74) is 4.44. The van der Waals surface area contributed by atoms with Crippen molar-refractivity contribution in [3.8, 4) is 0 Å². The van der Waals surface area contributed by atoms with Gasteiger partial charge in [0, 0.05) is 29.0 Å². The molecule has 0 amide bonds. The fourth-order valence-electron chi connectivity index (χ4n) is 5.52. The number of hydrogen-bond donors (Lipinski definition) is 0.